The Morgan fingerprint density at radius 3 is 1.69 bits per heavy atom. The number of halogens is 5. The highest BCUT2D eigenvalue weighted by atomic mass is 79.9. The van der Waals surface area contributed by atoms with Crippen molar-refractivity contribution in [1.82, 2.24) is 19.9 Å². The molecule has 0 aliphatic rings. The molecule has 2 N–H and O–H groups in total. The van der Waals surface area contributed by atoms with Crippen LogP contribution >= 0.6 is 62.3 Å². The topological polar surface area (TPSA) is 92.0 Å². The Morgan fingerprint density at radius 1 is 0.667 bits per heavy atom. The summed E-state index contributed by atoms with van der Waals surface area (Å²) in [4.78, 5) is 16.0. The van der Waals surface area contributed by atoms with E-state index in [9.17, 15) is 0 Å². The maximum absolute atomic E-state index is 8.71. The van der Waals surface area contributed by atoms with Gasteiger partial charge in [0.15, 0.2) is 0 Å². The van der Waals surface area contributed by atoms with Crippen LogP contribution in [0.3, 0.4) is 0 Å². The summed E-state index contributed by atoms with van der Waals surface area (Å²) in [6.45, 7) is 8.07. The van der Waals surface area contributed by atoms with Crippen molar-refractivity contribution in [3.63, 3.8) is 0 Å². The van der Waals surface area contributed by atoms with E-state index in [0.717, 1.165) is 27.0 Å². The number of hydrogen-bond donors (Lipinski definition) is 2. The number of rotatable bonds is 2. The molecule has 188 valence electrons. The van der Waals surface area contributed by atoms with Crippen LogP contribution in [0.1, 0.15) is 22.3 Å². The Kier molecular flexibility index (Phi) is 12.0. The number of aryl methyl sites for hydroxylation is 4. The molecular weight excluding hydrogens is 609 g/mol. The average molecular weight is 631 g/mol. The Morgan fingerprint density at radius 2 is 1.19 bits per heavy atom. The van der Waals surface area contributed by atoms with Crippen LogP contribution in [0.25, 0.3) is 11.3 Å². The Labute approximate surface area is 239 Å². The summed E-state index contributed by atoms with van der Waals surface area (Å²) in [6.07, 6.45) is 6.46. The highest BCUT2D eigenvalue weighted by Crippen LogP contribution is 2.30. The van der Waals surface area contributed by atoms with Gasteiger partial charge in [0.1, 0.15) is 14.9 Å². The Balaban J connectivity index is 0.000000200. The molecule has 4 aromatic heterocycles. The maximum Gasteiger partial charge on any atom is 0.490 e. The van der Waals surface area contributed by atoms with Crippen molar-refractivity contribution in [2.75, 3.05) is 0 Å². The molecule has 0 bridgehead atoms. The molecular formula is C24H22BBrCl4N4O2. The first-order valence-corrected chi connectivity index (χ1v) is 12.7. The second-order valence-electron chi connectivity index (χ2n) is 7.69. The number of hydrogen-bond acceptors (Lipinski definition) is 6. The smallest absolute Gasteiger partial charge is 0.423 e. The van der Waals surface area contributed by atoms with Gasteiger partial charge in [0, 0.05) is 35.8 Å². The zero-order chi connectivity index (χ0) is 27.0. The molecule has 4 heterocycles. The van der Waals surface area contributed by atoms with Gasteiger partial charge in [-0.15, -0.1) is 0 Å². The molecule has 0 atom stereocenters. The second-order valence-corrected chi connectivity index (χ2v) is 10.0. The normalized spacial score (nSPS) is 10.1. The third kappa shape index (κ3) is 9.27. The van der Waals surface area contributed by atoms with Crippen LogP contribution in [0, 0.1) is 27.7 Å². The Hall–Kier alpha value is -1.78. The first-order chi connectivity index (χ1) is 16.9. The predicted octanol–water partition coefficient (Wildman–Crippen LogP) is 6.60. The molecule has 0 aliphatic heterocycles. The fourth-order valence-electron chi connectivity index (χ4n) is 2.92. The number of nitrogens with zero attached hydrogens (tertiary/aromatic N) is 4. The number of pyridine rings is 4. The van der Waals surface area contributed by atoms with Gasteiger partial charge < -0.3 is 10.0 Å². The minimum atomic E-state index is -1.61. The van der Waals surface area contributed by atoms with Crippen molar-refractivity contribution in [3.05, 3.63) is 96.3 Å². The highest BCUT2D eigenvalue weighted by molar-refractivity contribution is 9.10. The standard InChI is InChI=1S/C12H10Cl2N2.C7H8BrN.C5H4BCl2NO2/c1-7-3-8(2)12(16-5-7)9-4-11(14)15-6-10(9)13;1-5-3-6(2)7(8)9-4-5;7-4-2-9-5(8)1-3(4)6(10)11/h3-6H,1-2H3;3-4H,1-2H3;1-2,10-11H. The summed E-state index contributed by atoms with van der Waals surface area (Å²) >= 11 is 26.3. The lowest BCUT2D eigenvalue weighted by atomic mass is 9.81. The van der Waals surface area contributed by atoms with E-state index in [0.29, 0.717) is 10.2 Å². The van der Waals surface area contributed by atoms with Gasteiger partial charge >= 0.3 is 7.12 Å². The van der Waals surface area contributed by atoms with Crippen LogP contribution in [-0.4, -0.2) is 37.1 Å². The van der Waals surface area contributed by atoms with E-state index in [4.69, 9.17) is 56.5 Å². The van der Waals surface area contributed by atoms with Crippen molar-refractivity contribution < 1.29 is 10.0 Å². The van der Waals surface area contributed by atoms with Crippen LogP contribution in [0.15, 0.2) is 53.7 Å². The molecule has 4 rings (SSSR count). The van der Waals surface area contributed by atoms with Crippen molar-refractivity contribution >= 4 is 74.9 Å². The van der Waals surface area contributed by atoms with Gasteiger partial charge in [0.05, 0.1) is 15.7 Å². The van der Waals surface area contributed by atoms with Crippen LogP contribution in [0.5, 0.6) is 0 Å². The van der Waals surface area contributed by atoms with E-state index in [-0.39, 0.29) is 15.6 Å². The lowest BCUT2D eigenvalue weighted by Crippen LogP contribution is -2.30. The summed E-state index contributed by atoms with van der Waals surface area (Å²) < 4.78 is 0.938. The summed E-state index contributed by atoms with van der Waals surface area (Å²) in [5, 5.41) is 18.8. The fourth-order valence-corrected chi connectivity index (χ4v) is 3.85. The molecule has 12 heteroatoms. The molecule has 0 saturated heterocycles. The molecule has 0 radical (unpaired) electrons. The minimum Gasteiger partial charge on any atom is -0.423 e. The minimum absolute atomic E-state index is 0.159. The van der Waals surface area contributed by atoms with E-state index < -0.39 is 7.12 Å². The quantitative estimate of drug-likeness (QED) is 0.192. The second kappa shape index (κ2) is 14.2. The van der Waals surface area contributed by atoms with Gasteiger partial charge in [-0.05, 0) is 78.0 Å². The van der Waals surface area contributed by atoms with Crippen molar-refractivity contribution in [1.29, 1.82) is 0 Å². The summed E-state index contributed by atoms with van der Waals surface area (Å²) in [6, 6.07) is 7.19. The molecule has 0 unspecified atom stereocenters. The third-order valence-corrected chi connectivity index (χ3v) is 6.43. The predicted molar refractivity (Wildman–Crippen MR) is 152 cm³/mol. The molecule has 36 heavy (non-hydrogen) atoms. The van der Waals surface area contributed by atoms with E-state index in [2.05, 4.69) is 48.0 Å². The van der Waals surface area contributed by atoms with Crippen molar-refractivity contribution in [2.45, 2.75) is 27.7 Å². The first-order valence-electron chi connectivity index (χ1n) is 10.4. The maximum atomic E-state index is 8.71. The zero-order valence-corrected chi connectivity index (χ0v) is 24.4. The van der Waals surface area contributed by atoms with Gasteiger partial charge in [0.25, 0.3) is 0 Å². The SMILES string of the molecule is Cc1cnc(-c2cc(Cl)ncc2Cl)c(C)c1.Cc1cnc(Br)c(C)c1.OB(O)c1cc(Cl)ncc1Cl. The monoisotopic (exact) mass is 628 g/mol. The van der Waals surface area contributed by atoms with Crippen molar-refractivity contribution in [3.8, 4) is 11.3 Å². The average Bonchev–Trinajstić information content (AvgIpc) is 2.81. The van der Waals surface area contributed by atoms with Gasteiger partial charge in [-0.2, -0.15) is 0 Å². The summed E-state index contributed by atoms with van der Waals surface area (Å²) in [7, 11) is -1.61. The highest BCUT2D eigenvalue weighted by Gasteiger charge is 2.15. The molecule has 0 spiro atoms. The van der Waals surface area contributed by atoms with Gasteiger partial charge in [-0.25, -0.2) is 15.0 Å². The van der Waals surface area contributed by atoms with Crippen LogP contribution in [0.2, 0.25) is 20.4 Å². The largest absolute Gasteiger partial charge is 0.490 e. The van der Waals surface area contributed by atoms with Crippen LogP contribution in [-0.2, 0) is 0 Å². The molecule has 0 saturated carbocycles. The molecule has 0 aliphatic carbocycles. The molecule has 0 aromatic carbocycles. The van der Waals surface area contributed by atoms with E-state index >= 15 is 0 Å². The van der Waals surface area contributed by atoms with E-state index in [1.165, 1.54) is 23.4 Å². The third-order valence-electron chi connectivity index (χ3n) is 4.57. The fraction of sp³-hybridized carbons (Fsp3) is 0.167. The lowest BCUT2D eigenvalue weighted by Gasteiger charge is -2.07. The Bertz CT molecular complexity index is 1350. The van der Waals surface area contributed by atoms with Gasteiger partial charge in [-0.3, -0.25) is 4.98 Å². The van der Waals surface area contributed by atoms with E-state index in [1.54, 1.807) is 12.3 Å². The lowest BCUT2D eigenvalue weighted by molar-refractivity contribution is 0.426. The molecule has 6 nitrogen and oxygen atoms in total. The van der Waals surface area contributed by atoms with Crippen LogP contribution < -0.4 is 5.46 Å². The molecule has 0 fully saturated rings. The summed E-state index contributed by atoms with van der Waals surface area (Å²) in [5.74, 6) is 0. The first kappa shape index (κ1) is 30.4. The molecule has 0 amide bonds. The number of aromatic nitrogens is 4. The van der Waals surface area contributed by atoms with Crippen LogP contribution in [0.4, 0.5) is 0 Å². The summed E-state index contributed by atoms with van der Waals surface area (Å²) in [5.41, 5.74) is 6.41. The van der Waals surface area contributed by atoms with Crippen molar-refractivity contribution in [2.24, 2.45) is 0 Å². The van der Waals surface area contributed by atoms with Gasteiger partial charge in [0.2, 0.25) is 0 Å². The van der Waals surface area contributed by atoms with E-state index in [1.807, 2.05) is 40.1 Å². The van der Waals surface area contributed by atoms with Gasteiger partial charge in [-0.1, -0.05) is 58.5 Å². The zero-order valence-electron chi connectivity index (χ0n) is 19.8. The molecule has 4 aromatic rings.